The van der Waals surface area contributed by atoms with Gasteiger partial charge in [0.15, 0.2) is 0 Å². The van der Waals surface area contributed by atoms with E-state index >= 15 is 0 Å². The van der Waals surface area contributed by atoms with E-state index in [-0.39, 0.29) is 17.2 Å². The van der Waals surface area contributed by atoms with Crippen LogP contribution in [0.4, 0.5) is 0 Å². The molecule has 0 aromatic rings. The summed E-state index contributed by atoms with van der Waals surface area (Å²) >= 11 is 0. The van der Waals surface area contributed by atoms with Gasteiger partial charge in [0, 0.05) is 5.92 Å². The number of nitrogens with two attached hydrogens (primary N) is 1. The zero-order valence-corrected chi connectivity index (χ0v) is 11.7. The van der Waals surface area contributed by atoms with E-state index in [9.17, 15) is 4.79 Å². The van der Waals surface area contributed by atoms with Crippen LogP contribution in [-0.4, -0.2) is 5.91 Å². The highest BCUT2D eigenvalue weighted by atomic mass is 16.1. The summed E-state index contributed by atoms with van der Waals surface area (Å²) in [5, 5.41) is 0. The molecule has 2 nitrogen and oxygen atoms in total. The largest absolute Gasteiger partial charge is 0.369 e. The number of hydrogen-bond donors (Lipinski definition) is 1. The lowest BCUT2D eigenvalue weighted by molar-refractivity contribution is -0.125. The van der Waals surface area contributed by atoms with Crippen molar-refractivity contribution in [3.8, 4) is 0 Å². The molecule has 0 bridgehead atoms. The van der Waals surface area contributed by atoms with Crippen molar-refractivity contribution in [3.63, 3.8) is 0 Å². The Morgan fingerprint density at radius 2 is 1.81 bits per heavy atom. The highest BCUT2D eigenvalue weighted by Crippen LogP contribution is 2.33. The summed E-state index contributed by atoms with van der Waals surface area (Å²) in [6, 6.07) is 0. The van der Waals surface area contributed by atoms with Gasteiger partial charge in [0.25, 0.3) is 0 Å². The van der Waals surface area contributed by atoms with Crippen LogP contribution >= 0.6 is 0 Å². The van der Waals surface area contributed by atoms with Gasteiger partial charge in [-0.3, -0.25) is 4.79 Å². The molecule has 0 aliphatic carbocycles. The number of primary amides is 1. The third kappa shape index (κ3) is 5.53. The van der Waals surface area contributed by atoms with Gasteiger partial charge in [-0.2, -0.15) is 0 Å². The van der Waals surface area contributed by atoms with E-state index in [1.54, 1.807) is 0 Å². The first-order chi connectivity index (χ1) is 7.32. The fraction of sp³-hybridized carbons (Fsp3) is 0.929. The zero-order valence-electron chi connectivity index (χ0n) is 11.7. The molecular formula is C14H29NO. The maximum absolute atomic E-state index is 11.5. The molecule has 0 fully saturated rings. The summed E-state index contributed by atoms with van der Waals surface area (Å²) in [5.41, 5.74) is 5.51. The molecule has 0 saturated heterocycles. The molecule has 2 heteroatoms. The first-order valence-corrected chi connectivity index (χ1v) is 6.62. The Balaban J connectivity index is 4.42. The number of carbonyl (C=O) groups excluding carboxylic acids is 1. The molecule has 2 atom stereocenters. The van der Waals surface area contributed by atoms with Crippen LogP contribution in [0.3, 0.4) is 0 Å². The predicted molar refractivity (Wildman–Crippen MR) is 70.1 cm³/mol. The molecule has 0 radical (unpaired) electrons. The summed E-state index contributed by atoms with van der Waals surface area (Å²) in [6.07, 6.45) is 5.82. The lowest BCUT2D eigenvalue weighted by atomic mass is 9.74. The molecule has 2 unspecified atom stereocenters. The Morgan fingerprint density at radius 1 is 1.25 bits per heavy atom. The second-order valence-electron chi connectivity index (χ2n) is 5.97. The highest BCUT2D eigenvalue weighted by Gasteiger charge is 2.31. The van der Waals surface area contributed by atoms with Gasteiger partial charge in [-0.25, -0.2) is 0 Å². The molecule has 0 aliphatic heterocycles. The lowest BCUT2D eigenvalue weighted by Crippen LogP contribution is -2.35. The molecule has 0 aromatic carbocycles. The Hall–Kier alpha value is -0.530. The predicted octanol–water partition coefficient (Wildman–Crippen LogP) is 3.74. The summed E-state index contributed by atoms with van der Waals surface area (Å²) in [4.78, 5) is 11.5. The third-order valence-electron chi connectivity index (χ3n) is 3.50. The van der Waals surface area contributed by atoms with Crippen LogP contribution in [0.5, 0.6) is 0 Å². The first kappa shape index (κ1) is 15.5. The van der Waals surface area contributed by atoms with Crippen molar-refractivity contribution in [2.24, 2.45) is 23.0 Å². The molecule has 0 aliphatic rings. The van der Waals surface area contributed by atoms with Gasteiger partial charge in [-0.1, -0.05) is 60.3 Å². The van der Waals surface area contributed by atoms with Crippen molar-refractivity contribution >= 4 is 5.91 Å². The van der Waals surface area contributed by atoms with Crippen molar-refractivity contribution in [3.05, 3.63) is 0 Å². The van der Waals surface area contributed by atoms with Crippen molar-refractivity contribution in [2.75, 3.05) is 0 Å². The highest BCUT2D eigenvalue weighted by molar-refractivity contribution is 5.77. The molecule has 1 amide bonds. The van der Waals surface area contributed by atoms with E-state index in [1.165, 1.54) is 19.3 Å². The quantitative estimate of drug-likeness (QED) is 0.707. The van der Waals surface area contributed by atoms with Crippen LogP contribution in [0.15, 0.2) is 0 Å². The number of hydrogen-bond acceptors (Lipinski definition) is 1. The first-order valence-electron chi connectivity index (χ1n) is 6.62. The Bertz CT molecular complexity index is 205. The minimum absolute atomic E-state index is 0.00846. The van der Waals surface area contributed by atoms with Crippen LogP contribution in [0.1, 0.15) is 66.7 Å². The number of carbonyl (C=O) groups is 1. The maximum Gasteiger partial charge on any atom is 0.221 e. The molecule has 0 rings (SSSR count). The second-order valence-corrected chi connectivity index (χ2v) is 5.97. The van der Waals surface area contributed by atoms with Gasteiger partial charge in [0.2, 0.25) is 5.91 Å². The minimum atomic E-state index is -0.137. The van der Waals surface area contributed by atoms with E-state index < -0.39 is 0 Å². The van der Waals surface area contributed by atoms with Gasteiger partial charge in [0.05, 0.1) is 0 Å². The van der Waals surface area contributed by atoms with Crippen molar-refractivity contribution in [1.29, 1.82) is 0 Å². The average molecular weight is 227 g/mol. The third-order valence-corrected chi connectivity index (χ3v) is 3.50. The monoisotopic (exact) mass is 227 g/mol. The van der Waals surface area contributed by atoms with Gasteiger partial charge in [0.1, 0.15) is 0 Å². The van der Waals surface area contributed by atoms with Crippen LogP contribution in [0.25, 0.3) is 0 Å². The standard InChI is InChI=1S/C14H29NO/c1-6-8-9-11(7-2)10-12(13(15)16)14(3,4)5/h11-12H,6-10H2,1-5H3,(H2,15,16). The lowest BCUT2D eigenvalue weighted by Gasteiger charge is -2.31. The minimum Gasteiger partial charge on any atom is -0.369 e. The van der Waals surface area contributed by atoms with Gasteiger partial charge in [-0.15, -0.1) is 0 Å². The summed E-state index contributed by atoms with van der Waals surface area (Å²) in [6.45, 7) is 10.7. The Kier molecular flexibility index (Phi) is 6.70. The van der Waals surface area contributed by atoms with Crippen LogP contribution in [0.2, 0.25) is 0 Å². The summed E-state index contributed by atoms with van der Waals surface area (Å²) < 4.78 is 0. The van der Waals surface area contributed by atoms with Gasteiger partial charge < -0.3 is 5.73 Å². The fourth-order valence-electron chi connectivity index (χ4n) is 2.21. The van der Waals surface area contributed by atoms with Crippen molar-refractivity contribution in [2.45, 2.75) is 66.7 Å². The van der Waals surface area contributed by atoms with E-state index in [0.29, 0.717) is 5.92 Å². The van der Waals surface area contributed by atoms with E-state index in [2.05, 4.69) is 34.6 Å². The molecule has 96 valence electrons. The van der Waals surface area contributed by atoms with Gasteiger partial charge in [-0.05, 0) is 17.8 Å². The summed E-state index contributed by atoms with van der Waals surface area (Å²) in [5.74, 6) is 0.522. The molecule has 0 aromatic heterocycles. The molecule has 16 heavy (non-hydrogen) atoms. The maximum atomic E-state index is 11.5. The topological polar surface area (TPSA) is 43.1 Å². The second kappa shape index (κ2) is 6.93. The molecule has 2 N–H and O–H groups in total. The Labute approximate surface area is 101 Å². The SMILES string of the molecule is CCCCC(CC)CC(C(N)=O)C(C)(C)C. The Morgan fingerprint density at radius 3 is 2.12 bits per heavy atom. The van der Waals surface area contributed by atoms with Crippen LogP contribution in [0, 0.1) is 17.3 Å². The number of amides is 1. The van der Waals surface area contributed by atoms with Crippen LogP contribution < -0.4 is 5.73 Å². The zero-order chi connectivity index (χ0) is 12.8. The van der Waals surface area contributed by atoms with Crippen molar-refractivity contribution < 1.29 is 4.79 Å². The normalized spacial score (nSPS) is 15.8. The molecule has 0 heterocycles. The smallest absolute Gasteiger partial charge is 0.221 e. The average Bonchev–Trinajstić information content (AvgIpc) is 2.15. The number of rotatable bonds is 7. The van der Waals surface area contributed by atoms with Crippen LogP contribution in [-0.2, 0) is 4.79 Å². The summed E-state index contributed by atoms with van der Waals surface area (Å²) in [7, 11) is 0. The number of unbranched alkanes of at least 4 members (excludes halogenated alkanes) is 1. The van der Waals surface area contributed by atoms with E-state index in [0.717, 1.165) is 12.8 Å². The molecule has 0 spiro atoms. The van der Waals surface area contributed by atoms with Crippen molar-refractivity contribution in [1.82, 2.24) is 0 Å². The molecule has 0 saturated carbocycles. The molecular weight excluding hydrogens is 198 g/mol. The van der Waals surface area contributed by atoms with E-state index in [1.807, 2.05) is 0 Å². The van der Waals surface area contributed by atoms with Gasteiger partial charge >= 0.3 is 0 Å². The van der Waals surface area contributed by atoms with E-state index in [4.69, 9.17) is 5.73 Å². The fourth-order valence-corrected chi connectivity index (χ4v) is 2.21.